The van der Waals surface area contributed by atoms with E-state index in [1.165, 1.54) is 5.56 Å². The second-order valence-corrected chi connectivity index (χ2v) is 10.1. The number of hydrogen-bond acceptors (Lipinski definition) is 3. The summed E-state index contributed by atoms with van der Waals surface area (Å²) in [5.74, 6) is 1.84. The maximum atomic E-state index is 13.2. The molecule has 1 fully saturated rings. The lowest BCUT2D eigenvalue weighted by Gasteiger charge is -2.29. The molecule has 2 aliphatic rings. The minimum absolute atomic E-state index is 0.0818. The first-order valence-corrected chi connectivity index (χ1v) is 12.1. The van der Waals surface area contributed by atoms with Crippen LogP contribution in [0.3, 0.4) is 0 Å². The number of aliphatic hydroxyl groups excluding tert-OH is 1. The molecule has 0 spiro atoms. The van der Waals surface area contributed by atoms with Crippen LogP contribution >= 0.6 is 0 Å². The van der Waals surface area contributed by atoms with Gasteiger partial charge in [-0.15, -0.1) is 0 Å². The first-order chi connectivity index (χ1) is 15.4. The van der Waals surface area contributed by atoms with Crippen molar-refractivity contribution in [3.8, 4) is 11.1 Å². The van der Waals surface area contributed by atoms with E-state index in [1.54, 1.807) is 0 Å². The fraction of sp³-hybridized carbons (Fsp3) is 0.483. The molecule has 0 saturated carbocycles. The Labute approximate surface area is 192 Å². The number of carbonyl (C=O) groups is 1. The molecular formula is C29H36O3. The van der Waals surface area contributed by atoms with Crippen molar-refractivity contribution in [3.05, 3.63) is 64.9 Å². The summed E-state index contributed by atoms with van der Waals surface area (Å²) in [6, 6.07) is 15.0. The Hall–Kier alpha value is -2.39. The lowest BCUT2D eigenvalue weighted by molar-refractivity contribution is -0.115. The van der Waals surface area contributed by atoms with E-state index in [4.69, 9.17) is 4.74 Å². The van der Waals surface area contributed by atoms with E-state index in [-0.39, 0.29) is 17.5 Å². The minimum atomic E-state index is 0.0818. The third kappa shape index (κ3) is 5.32. The van der Waals surface area contributed by atoms with Gasteiger partial charge in [0.2, 0.25) is 0 Å². The van der Waals surface area contributed by atoms with Gasteiger partial charge in [-0.25, -0.2) is 0 Å². The fourth-order valence-corrected chi connectivity index (χ4v) is 5.27. The highest BCUT2D eigenvalue weighted by atomic mass is 16.5. The summed E-state index contributed by atoms with van der Waals surface area (Å²) in [4.78, 5) is 13.2. The first-order valence-electron chi connectivity index (χ1n) is 12.1. The summed E-state index contributed by atoms with van der Waals surface area (Å²) in [5, 5.41) is 10.9. The molecule has 1 N–H and O–H groups in total. The van der Waals surface area contributed by atoms with E-state index < -0.39 is 0 Å². The summed E-state index contributed by atoms with van der Waals surface area (Å²) < 4.78 is 5.46. The van der Waals surface area contributed by atoms with Gasteiger partial charge in [-0.1, -0.05) is 50.2 Å². The first kappa shape index (κ1) is 22.8. The van der Waals surface area contributed by atoms with Crippen LogP contribution in [-0.2, 0) is 16.0 Å². The molecule has 0 radical (unpaired) electrons. The molecule has 2 aromatic rings. The largest absolute Gasteiger partial charge is 0.512 e. The van der Waals surface area contributed by atoms with Gasteiger partial charge in [0.25, 0.3) is 0 Å². The maximum Gasteiger partial charge on any atom is 0.167 e. The summed E-state index contributed by atoms with van der Waals surface area (Å²) >= 11 is 0. The number of rotatable bonds is 6. The number of allylic oxidation sites excluding steroid dienone is 2. The summed E-state index contributed by atoms with van der Waals surface area (Å²) in [6.45, 7) is 8.13. The van der Waals surface area contributed by atoms with Crippen molar-refractivity contribution in [2.45, 2.75) is 59.3 Å². The van der Waals surface area contributed by atoms with Gasteiger partial charge in [0.15, 0.2) is 5.78 Å². The SMILES string of the molecule is Cc1ccc(-c2ccc(CC(C)C)cc2)cc1C1=C(O)CC(CC2CCOCC2)CC1=O. The molecule has 1 atom stereocenters. The van der Waals surface area contributed by atoms with Crippen LogP contribution in [0.4, 0.5) is 0 Å². The standard InChI is InChI=1S/C29H36O3/c1-19(2)14-21-5-8-24(9-6-21)25-7-4-20(3)26(18-25)29-27(30)16-23(17-28(29)31)15-22-10-12-32-13-11-22/h4-9,18-19,22-23,30H,10-17H2,1-3H3. The number of carbonyl (C=O) groups excluding carboxylic acids is 1. The minimum Gasteiger partial charge on any atom is -0.512 e. The van der Waals surface area contributed by atoms with E-state index >= 15 is 0 Å². The fourth-order valence-electron chi connectivity index (χ4n) is 5.27. The average molecular weight is 433 g/mol. The van der Waals surface area contributed by atoms with Crippen LogP contribution in [0, 0.1) is 24.7 Å². The van der Waals surface area contributed by atoms with Crippen molar-refractivity contribution in [2.75, 3.05) is 13.2 Å². The zero-order valence-electron chi connectivity index (χ0n) is 19.7. The van der Waals surface area contributed by atoms with Crippen LogP contribution in [0.1, 0.15) is 62.6 Å². The molecular weight excluding hydrogens is 396 g/mol. The van der Waals surface area contributed by atoms with E-state index in [0.29, 0.717) is 30.3 Å². The average Bonchev–Trinajstić information content (AvgIpc) is 2.75. The molecule has 0 bridgehead atoms. The predicted octanol–water partition coefficient (Wildman–Crippen LogP) is 6.93. The lowest BCUT2D eigenvalue weighted by atomic mass is 9.77. The number of aliphatic hydroxyl groups is 1. The van der Waals surface area contributed by atoms with Crippen molar-refractivity contribution in [1.29, 1.82) is 0 Å². The quantitative estimate of drug-likeness (QED) is 0.538. The maximum absolute atomic E-state index is 13.2. The summed E-state index contributed by atoms with van der Waals surface area (Å²) in [6.07, 6.45) is 5.35. The molecule has 2 aromatic carbocycles. The number of benzene rings is 2. The highest BCUT2D eigenvalue weighted by Gasteiger charge is 2.31. The molecule has 0 amide bonds. The number of aryl methyl sites for hydroxylation is 1. The zero-order chi connectivity index (χ0) is 22.7. The second-order valence-electron chi connectivity index (χ2n) is 10.1. The van der Waals surface area contributed by atoms with Gasteiger partial charge in [-0.3, -0.25) is 4.79 Å². The Bertz CT molecular complexity index is 978. The van der Waals surface area contributed by atoms with Gasteiger partial charge in [0.1, 0.15) is 5.76 Å². The van der Waals surface area contributed by atoms with Gasteiger partial charge >= 0.3 is 0 Å². The van der Waals surface area contributed by atoms with E-state index in [9.17, 15) is 9.90 Å². The van der Waals surface area contributed by atoms with Crippen molar-refractivity contribution in [3.63, 3.8) is 0 Å². The van der Waals surface area contributed by atoms with Crippen LogP contribution in [0.25, 0.3) is 16.7 Å². The van der Waals surface area contributed by atoms with Crippen molar-refractivity contribution in [2.24, 2.45) is 17.8 Å². The highest BCUT2D eigenvalue weighted by Crippen LogP contribution is 2.38. The molecule has 3 heteroatoms. The normalized spacial score (nSPS) is 20.2. The molecule has 1 aliphatic heterocycles. The van der Waals surface area contributed by atoms with Crippen LogP contribution in [0.5, 0.6) is 0 Å². The van der Waals surface area contributed by atoms with E-state index in [0.717, 1.165) is 61.2 Å². The van der Waals surface area contributed by atoms with Crippen LogP contribution < -0.4 is 0 Å². The summed E-state index contributed by atoms with van der Waals surface area (Å²) in [7, 11) is 0. The molecule has 32 heavy (non-hydrogen) atoms. The van der Waals surface area contributed by atoms with Crippen molar-refractivity contribution in [1.82, 2.24) is 0 Å². The van der Waals surface area contributed by atoms with Gasteiger partial charge in [-0.2, -0.15) is 0 Å². The topological polar surface area (TPSA) is 46.5 Å². The number of Topliss-reactive ketones (excluding diaryl/α,β-unsaturated/α-hetero) is 1. The Morgan fingerprint density at radius 1 is 0.969 bits per heavy atom. The highest BCUT2D eigenvalue weighted by molar-refractivity contribution is 6.22. The Balaban J connectivity index is 1.56. The van der Waals surface area contributed by atoms with Gasteiger partial charge in [0.05, 0.1) is 5.57 Å². The molecule has 1 unspecified atom stereocenters. The molecule has 0 aromatic heterocycles. The molecule has 1 saturated heterocycles. The van der Waals surface area contributed by atoms with Gasteiger partial charge < -0.3 is 9.84 Å². The molecule has 3 nitrogen and oxygen atoms in total. The van der Waals surface area contributed by atoms with Crippen LogP contribution in [0.15, 0.2) is 48.2 Å². The predicted molar refractivity (Wildman–Crippen MR) is 131 cm³/mol. The zero-order valence-corrected chi connectivity index (χ0v) is 19.7. The van der Waals surface area contributed by atoms with Crippen LogP contribution in [0.2, 0.25) is 0 Å². The molecule has 1 aliphatic carbocycles. The summed E-state index contributed by atoms with van der Waals surface area (Å²) in [5.41, 5.74) is 6.00. The molecule has 4 rings (SSSR count). The Morgan fingerprint density at radius 2 is 1.66 bits per heavy atom. The smallest absolute Gasteiger partial charge is 0.167 e. The van der Waals surface area contributed by atoms with E-state index in [1.807, 2.05) is 6.92 Å². The lowest BCUT2D eigenvalue weighted by Crippen LogP contribution is -2.24. The van der Waals surface area contributed by atoms with E-state index in [2.05, 4.69) is 56.3 Å². The number of hydrogen-bond donors (Lipinski definition) is 1. The third-order valence-electron chi connectivity index (χ3n) is 6.97. The molecule has 170 valence electrons. The van der Waals surface area contributed by atoms with Crippen LogP contribution in [-0.4, -0.2) is 24.1 Å². The molecule has 1 heterocycles. The van der Waals surface area contributed by atoms with Crippen molar-refractivity contribution >= 4 is 11.4 Å². The third-order valence-corrected chi connectivity index (χ3v) is 6.97. The van der Waals surface area contributed by atoms with Crippen molar-refractivity contribution < 1.29 is 14.6 Å². The van der Waals surface area contributed by atoms with Gasteiger partial charge in [-0.05, 0) is 84.2 Å². The number of ether oxygens (including phenoxy) is 1. The monoisotopic (exact) mass is 432 g/mol. The second kappa shape index (κ2) is 10.0. The Morgan fingerprint density at radius 3 is 2.31 bits per heavy atom. The van der Waals surface area contributed by atoms with Gasteiger partial charge in [0, 0.05) is 26.1 Å². The Kier molecular flexibility index (Phi) is 7.15. The number of ketones is 1.